The van der Waals surface area contributed by atoms with Crippen LogP contribution in [0.15, 0.2) is 58.3 Å². The molecule has 0 radical (unpaired) electrons. The van der Waals surface area contributed by atoms with Gasteiger partial charge in [0.05, 0.1) is 11.5 Å². The fourth-order valence-electron chi connectivity index (χ4n) is 3.11. The molecule has 0 aliphatic heterocycles. The van der Waals surface area contributed by atoms with Gasteiger partial charge in [-0.3, -0.25) is 9.36 Å². The number of rotatable bonds is 9. The monoisotopic (exact) mass is 412 g/mol. The van der Waals surface area contributed by atoms with Crippen LogP contribution < -0.4 is 0 Å². The van der Waals surface area contributed by atoms with Gasteiger partial charge in [-0.05, 0) is 37.5 Å². The first kappa shape index (κ1) is 21.2. The molecule has 3 aromatic rings. The SMILES string of the molecule is CCN(Cc1ccccc1)C(=O)C(C)Sc1nnc(-c2ccco2)n1CC(C)C. The summed E-state index contributed by atoms with van der Waals surface area (Å²) in [7, 11) is 0. The predicted molar refractivity (Wildman–Crippen MR) is 115 cm³/mol. The van der Waals surface area contributed by atoms with Gasteiger partial charge in [-0.15, -0.1) is 10.2 Å². The quantitative estimate of drug-likeness (QED) is 0.476. The molecule has 1 amide bonds. The van der Waals surface area contributed by atoms with Crippen molar-refractivity contribution in [1.82, 2.24) is 19.7 Å². The number of carbonyl (C=O) groups excluding carboxylic acids is 1. The van der Waals surface area contributed by atoms with Gasteiger partial charge in [0, 0.05) is 19.6 Å². The maximum absolute atomic E-state index is 13.1. The molecule has 0 aliphatic carbocycles. The zero-order valence-electron chi connectivity index (χ0n) is 17.4. The first-order valence-corrected chi connectivity index (χ1v) is 10.8. The zero-order chi connectivity index (χ0) is 20.8. The van der Waals surface area contributed by atoms with E-state index in [1.54, 1.807) is 6.26 Å². The van der Waals surface area contributed by atoms with Crippen molar-refractivity contribution in [3.8, 4) is 11.6 Å². The fraction of sp³-hybridized carbons (Fsp3) is 0.409. The van der Waals surface area contributed by atoms with Crippen molar-refractivity contribution in [3.63, 3.8) is 0 Å². The summed E-state index contributed by atoms with van der Waals surface area (Å²) < 4.78 is 7.57. The standard InChI is InChI=1S/C22H28N4O2S/c1-5-25(15-18-10-7-6-8-11-18)21(27)17(4)29-22-24-23-20(19-12-9-13-28-19)26(22)14-16(2)3/h6-13,16-17H,5,14-15H2,1-4H3. The third-order valence-electron chi connectivity index (χ3n) is 4.55. The molecule has 154 valence electrons. The molecule has 7 heteroatoms. The highest BCUT2D eigenvalue weighted by Gasteiger charge is 2.25. The molecule has 29 heavy (non-hydrogen) atoms. The number of carbonyl (C=O) groups is 1. The van der Waals surface area contributed by atoms with Crippen LogP contribution in [-0.2, 0) is 17.9 Å². The van der Waals surface area contributed by atoms with E-state index in [2.05, 4.69) is 24.0 Å². The summed E-state index contributed by atoms with van der Waals surface area (Å²) in [5.41, 5.74) is 1.13. The van der Waals surface area contributed by atoms with Crippen molar-refractivity contribution in [2.24, 2.45) is 5.92 Å². The van der Waals surface area contributed by atoms with Gasteiger partial charge < -0.3 is 9.32 Å². The first-order valence-electron chi connectivity index (χ1n) is 9.96. The van der Waals surface area contributed by atoms with E-state index < -0.39 is 0 Å². The number of furan rings is 1. The van der Waals surface area contributed by atoms with E-state index in [4.69, 9.17) is 4.42 Å². The van der Waals surface area contributed by atoms with Crippen molar-refractivity contribution < 1.29 is 9.21 Å². The zero-order valence-corrected chi connectivity index (χ0v) is 18.2. The Kier molecular flexibility index (Phi) is 7.14. The Balaban J connectivity index is 1.76. The topological polar surface area (TPSA) is 64.2 Å². The predicted octanol–water partition coefficient (Wildman–Crippen LogP) is 4.72. The van der Waals surface area contributed by atoms with Crippen molar-refractivity contribution in [1.29, 1.82) is 0 Å². The Hall–Kier alpha value is -2.54. The maximum atomic E-state index is 13.1. The lowest BCUT2D eigenvalue weighted by Gasteiger charge is -2.24. The molecule has 6 nitrogen and oxygen atoms in total. The molecule has 3 rings (SSSR count). The Labute approximate surface area is 176 Å². The van der Waals surface area contributed by atoms with Crippen LogP contribution in [0.4, 0.5) is 0 Å². The lowest BCUT2D eigenvalue weighted by Crippen LogP contribution is -2.36. The molecule has 0 bridgehead atoms. The molecule has 1 atom stereocenters. The summed E-state index contributed by atoms with van der Waals surface area (Å²) in [4.78, 5) is 15.0. The molecule has 1 aromatic carbocycles. The Bertz CT molecular complexity index is 906. The number of hydrogen-bond donors (Lipinski definition) is 0. The fourth-order valence-corrected chi connectivity index (χ4v) is 4.05. The molecule has 0 aliphatic rings. The van der Waals surface area contributed by atoms with Crippen LogP contribution in [0.1, 0.15) is 33.3 Å². The summed E-state index contributed by atoms with van der Waals surface area (Å²) in [6.07, 6.45) is 1.63. The number of benzene rings is 1. The van der Waals surface area contributed by atoms with E-state index in [1.165, 1.54) is 11.8 Å². The van der Waals surface area contributed by atoms with E-state index in [9.17, 15) is 4.79 Å². The summed E-state index contributed by atoms with van der Waals surface area (Å²) in [5.74, 6) is 1.89. The molecular formula is C22H28N4O2S. The molecule has 0 fully saturated rings. The Morgan fingerprint density at radius 3 is 2.52 bits per heavy atom. The molecule has 0 saturated carbocycles. The van der Waals surface area contributed by atoms with Crippen LogP contribution >= 0.6 is 11.8 Å². The molecule has 2 heterocycles. The summed E-state index contributed by atoms with van der Waals surface area (Å²) in [6.45, 7) is 10.3. The third kappa shape index (κ3) is 5.29. The number of hydrogen-bond acceptors (Lipinski definition) is 5. The van der Waals surface area contributed by atoms with Crippen LogP contribution in [0, 0.1) is 5.92 Å². The van der Waals surface area contributed by atoms with Gasteiger partial charge in [-0.2, -0.15) is 0 Å². The van der Waals surface area contributed by atoms with Crippen LogP contribution in [-0.4, -0.2) is 37.4 Å². The summed E-state index contributed by atoms with van der Waals surface area (Å²) in [5, 5.41) is 9.16. The minimum absolute atomic E-state index is 0.0972. The van der Waals surface area contributed by atoms with E-state index in [-0.39, 0.29) is 11.2 Å². The number of nitrogens with zero attached hydrogens (tertiary/aromatic N) is 4. The normalized spacial score (nSPS) is 12.3. The molecule has 0 saturated heterocycles. The highest BCUT2D eigenvalue weighted by molar-refractivity contribution is 8.00. The molecule has 0 spiro atoms. The summed E-state index contributed by atoms with van der Waals surface area (Å²) >= 11 is 1.45. The smallest absolute Gasteiger partial charge is 0.236 e. The molecule has 0 N–H and O–H groups in total. The third-order valence-corrected chi connectivity index (χ3v) is 5.61. The second kappa shape index (κ2) is 9.78. The van der Waals surface area contributed by atoms with E-state index >= 15 is 0 Å². The number of aromatic nitrogens is 3. The number of thioether (sulfide) groups is 1. The average molecular weight is 413 g/mol. The second-order valence-corrected chi connectivity index (χ2v) is 8.69. The van der Waals surface area contributed by atoms with Crippen LogP contribution in [0.3, 0.4) is 0 Å². The van der Waals surface area contributed by atoms with Gasteiger partial charge in [-0.25, -0.2) is 0 Å². The lowest BCUT2D eigenvalue weighted by atomic mass is 10.2. The first-order chi connectivity index (χ1) is 14.0. The Morgan fingerprint density at radius 2 is 1.90 bits per heavy atom. The average Bonchev–Trinajstić information content (AvgIpc) is 3.36. The van der Waals surface area contributed by atoms with Gasteiger partial charge in [0.2, 0.25) is 5.91 Å². The van der Waals surface area contributed by atoms with Crippen LogP contribution in [0.2, 0.25) is 0 Å². The van der Waals surface area contributed by atoms with Gasteiger partial charge >= 0.3 is 0 Å². The highest BCUT2D eigenvalue weighted by atomic mass is 32.2. The van der Waals surface area contributed by atoms with Crippen molar-refractivity contribution in [2.45, 2.75) is 51.2 Å². The molecule has 2 aromatic heterocycles. The van der Waals surface area contributed by atoms with Crippen molar-refractivity contribution >= 4 is 17.7 Å². The van der Waals surface area contributed by atoms with Gasteiger partial charge in [0.1, 0.15) is 0 Å². The largest absolute Gasteiger partial charge is 0.461 e. The van der Waals surface area contributed by atoms with E-state index in [1.807, 2.05) is 65.8 Å². The molecular weight excluding hydrogens is 384 g/mol. The Morgan fingerprint density at radius 1 is 1.14 bits per heavy atom. The minimum atomic E-state index is -0.266. The molecule has 1 unspecified atom stereocenters. The van der Waals surface area contributed by atoms with Crippen LogP contribution in [0.5, 0.6) is 0 Å². The summed E-state index contributed by atoms with van der Waals surface area (Å²) in [6, 6.07) is 13.8. The van der Waals surface area contributed by atoms with Gasteiger partial charge in [0.25, 0.3) is 0 Å². The van der Waals surface area contributed by atoms with Crippen molar-refractivity contribution in [3.05, 3.63) is 54.3 Å². The van der Waals surface area contributed by atoms with E-state index in [0.717, 1.165) is 17.3 Å². The van der Waals surface area contributed by atoms with Crippen molar-refractivity contribution in [2.75, 3.05) is 6.54 Å². The maximum Gasteiger partial charge on any atom is 0.236 e. The van der Waals surface area contributed by atoms with Gasteiger partial charge in [0.15, 0.2) is 16.7 Å². The van der Waals surface area contributed by atoms with E-state index in [0.29, 0.717) is 30.6 Å². The van der Waals surface area contributed by atoms with Gasteiger partial charge in [-0.1, -0.05) is 55.9 Å². The van der Waals surface area contributed by atoms with Crippen LogP contribution in [0.25, 0.3) is 11.6 Å². The lowest BCUT2D eigenvalue weighted by molar-refractivity contribution is -0.130. The number of amides is 1. The minimum Gasteiger partial charge on any atom is -0.461 e. The second-order valence-electron chi connectivity index (χ2n) is 7.39. The highest BCUT2D eigenvalue weighted by Crippen LogP contribution is 2.29.